The van der Waals surface area contributed by atoms with Gasteiger partial charge in [0.1, 0.15) is 11.5 Å². The van der Waals surface area contributed by atoms with Crippen molar-refractivity contribution in [2.75, 3.05) is 27.8 Å². The molecule has 0 saturated carbocycles. The van der Waals surface area contributed by atoms with Crippen LogP contribution in [0.15, 0.2) is 36.4 Å². The Bertz CT molecular complexity index is 838. The monoisotopic (exact) mass is 338 g/mol. The number of ether oxygens (including phenoxy) is 2. The molecule has 0 aliphatic carbocycles. The van der Waals surface area contributed by atoms with Crippen molar-refractivity contribution in [3.63, 3.8) is 0 Å². The fraction of sp³-hybridized carbons (Fsp3) is 0.429. The molecule has 3 aromatic rings. The van der Waals surface area contributed by atoms with E-state index in [9.17, 15) is 0 Å². The lowest BCUT2D eigenvalue weighted by Crippen LogP contribution is -2.26. The molecule has 2 aromatic carbocycles. The largest absolute Gasteiger partial charge is 0.497 e. The minimum atomic E-state index is 0.684. The third-order valence-electron chi connectivity index (χ3n) is 5.64. The molecular weight excluding hydrogens is 312 g/mol. The number of hydrogen-bond acceptors (Lipinski definition) is 3. The van der Waals surface area contributed by atoms with Crippen molar-refractivity contribution in [2.45, 2.75) is 31.8 Å². The van der Waals surface area contributed by atoms with Crippen LogP contribution in [0.4, 0.5) is 0 Å². The summed E-state index contributed by atoms with van der Waals surface area (Å²) in [5.41, 5.74) is 2.48. The molecule has 25 heavy (non-hydrogen) atoms. The van der Waals surface area contributed by atoms with E-state index in [0.717, 1.165) is 18.0 Å². The predicted octanol–water partition coefficient (Wildman–Crippen LogP) is 4.30. The standard InChI is InChI=1S/C21H26N2O2/c1-22-11-4-5-15(22)10-12-23-20-13-16(24-2)6-8-18(20)19-9-7-17(25-3)14-21(19)23/h6-9,13-15H,4-5,10-12H2,1-3H3/t15-/m1/s1. The first-order chi connectivity index (χ1) is 12.2. The lowest BCUT2D eigenvalue weighted by atomic mass is 10.1. The number of methoxy groups -OCH3 is 2. The van der Waals surface area contributed by atoms with Crippen LogP contribution in [0.2, 0.25) is 0 Å². The number of aryl methyl sites for hydroxylation is 1. The van der Waals surface area contributed by atoms with E-state index in [-0.39, 0.29) is 0 Å². The van der Waals surface area contributed by atoms with Crippen molar-refractivity contribution in [1.82, 2.24) is 9.47 Å². The molecule has 1 saturated heterocycles. The summed E-state index contributed by atoms with van der Waals surface area (Å²) in [4.78, 5) is 2.50. The molecule has 2 heterocycles. The molecule has 0 bridgehead atoms. The molecular formula is C21H26N2O2. The van der Waals surface area contributed by atoms with Gasteiger partial charge in [0.15, 0.2) is 0 Å². The Labute approximate surface area is 148 Å². The molecule has 1 aliphatic heterocycles. The van der Waals surface area contributed by atoms with Gasteiger partial charge in [-0.25, -0.2) is 0 Å². The molecule has 1 aromatic heterocycles. The first-order valence-electron chi connectivity index (χ1n) is 9.05. The Morgan fingerprint density at radius 1 is 0.960 bits per heavy atom. The second-order valence-corrected chi connectivity index (χ2v) is 6.98. The van der Waals surface area contributed by atoms with Crippen LogP contribution in [0.25, 0.3) is 21.8 Å². The fourth-order valence-electron chi connectivity index (χ4n) is 4.17. The number of benzene rings is 2. The van der Waals surface area contributed by atoms with Crippen molar-refractivity contribution in [1.29, 1.82) is 0 Å². The van der Waals surface area contributed by atoms with Gasteiger partial charge < -0.3 is 18.9 Å². The molecule has 4 nitrogen and oxygen atoms in total. The van der Waals surface area contributed by atoms with E-state index in [4.69, 9.17) is 9.47 Å². The molecule has 4 rings (SSSR count). The summed E-state index contributed by atoms with van der Waals surface area (Å²) in [7, 11) is 5.70. The summed E-state index contributed by atoms with van der Waals surface area (Å²) in [6.45, 7) is 2.23. The van der Waals surface area contributed by atoms with Gasteiger partial charge in [0, 0.05) is 35.5 Å². The topological polar surface area (TPSA) is 26.6 Å². The Hall–Kier alpha value is -2.20. The van der Waals surface area contributed by atoms with Crippen LogP contribution < -0.4 is 9.47 Å². The Balaban J connectivity index is 1.81. The van der Waals surface area contributed by atoms with E-state index in [1.165, 1.54) is 47.6 Å². The fourth-order valence-corrected chi connectivity index (χ4v) is 4.17. The third-order valence-corrected chi connectivity index (χ3v) is 5.64. The van der Waals surface area contributed by atoms with Crippen LogP contribution in [0.5, 0.6) is 11.5 Å². The van der Waals surface area contributed by atoms with Crippen molar-refractivity contribution in [3.8, 4) is 11.5 Å². The smallest absolute Gasteiger partial charge is 0.120 e. The van der Waals surface area contributed by atoms with E-state index >= 15 is 0 Å². The third kappa shape index (κ3) is 2.85. The van der Waals surface area contributed by atoms with E-state index in [0.29, 0.717) is 6.04 Å². The quantitative estimate of drug-likeness (QED) is 0.694. The average Bonchev–Trinajstić information content (AvgIpc) is 3.19. The Morgan fingerprint density at radius 3 is 2.04 bits per heavy atom. The number of fused-ring (bicyclic) bond motifs is 3. The number of aromatic nitrogens is 1. The highest BCUT2D eigenvalue weighted by Crippen LogP contribution is 2.34. The van der Waals surface area contributed by atoms with E-state index in [1.54, 1.807) is 14.2 Å². The van der Waals surface area contributed by atoms with Crippen LogP contribution >= 0.6 is 0 Å². The zero-order chi connectivity index (χ0) is 17.4. The summed E-state index contributed by atoms with van der Waals surface area (Å²) in [5, 5.41) is 2.55. The highest BCUT2D eigenvalue weighted by Gasteiger charge is 2.21. The summed E-state index contributed by atoms with van der Waals surface area (Å²) >= 11 is 0. The molecule has 0 amide bonds. The van der Waals surface area contributed by atoms with Crippen molar-refractivity contribution < 1.29 is 9.47 Å². The van der Waals surface area contributed by atoms with Gasteiger partial charge in [-0.1, -0.05) is 0 Å². The maximum absolute atomic E-state index is 5.47. The summed E-state index contributed by atoms with van der Waals surface area (Å²) in [6.07, 6.45) is 3.79. The van der Waals surface area contributed by atoms with E-state index in [2.05, 4.69) is 40.8 Å². The van der Waals surface area contributed by atoms with Crippen LogP contribution in [-0.2, 0) is 6.54 Å². The van der Waals surface area contributed by atoms with Gasteiger partial charge in [-0.05, 0) is 57.1 Å². The van der Waals surface area contributed by atoms with Gasteiger partial charge in [0.05, 0.1) is 25.3 Å². The Kier molecular flexibility index (Phi) is 4.30. The average molecular weight is 338 g/mol. The molecule has 0 N–H and O–H groups in total. The van der Waals surface area contributed by atoms with Gasteiger partial charge in [0.2, 0.25) is 0 Å². The number of likely N-dealkylation sites (tertiary alicyclic amines) is 1. The van der Waals surface area contributed by atoms with Crippen molar-refractivity contribution >= 4 is 21.8 Å². The van der Waals surface area contributed by atoms with Gasteiger partial charge in [-0.2, -0.15) is 0 Å². The summed E-state index contributed by atoms with van der Waals surface area (Å²) < 4.78 is 13.4. The number of nitrogens with zero attached hydrogens (tertiary/aromatic N) is 2. The molecule has 0 radical (unpaired) electrons. The lowest BCUT2D eigenvalue weighted by molar-refractivity contribution is 0.288. The minimum Gasteiger partial charge on any atom is -0.497 e. The summed E-state index contributed by atoms with van der Waals surface area (Å²) in [5.74, 6) is 1.81. The van der Waals surface area contributed by atoms with Crippen molar-refractivity contribution in [3.05, 3.63) is 36.4 Å². The molecule has 0 spiro atoms. The molecule has 132 valence electrons. The summed E-state index contributed by atoms with van der Waals surface area (Å²) in [6, 6.07) is 13.4. The van der Waals surface area contributed by atoms with Crippen LogP contribution in [0, 0.1) is 0 Å². The van der Waals surface area contributed by atoms with Crippen LogP contribution in [-0.4, -0.2) is 43.3 Å². The zero-order valence-electron chi connectivity index (χ0n) is 15.3. The molecule has 1 aliphatic rings. The maximum Gasteiger partial charge on any atom is 0.120 e. The number of hydrogen-bond donors (Lipinski definition) is 0. The molecule has 4 heteroatoms. The van der Waals surface area contributed by atoms with Gasteiger partial charge >= 0.3 is 0 Å². The highest BCUT2D eigenvalue weighted by atomic mass is 16.5. The van der Waals surface area contributed by atoms with Crippen LogP contribution in [0.3, 0.4) is 0 Å². The second kappa shape index (κ2) is 6.60. The van der Waals surface area contributed by atoms with Gasteiger partial charge in [-0.15, -0.1) is 0 Å². The Morgan fingerprint density at radius 2 is 1.56 bits per heavy atom. The normalized spacial score (nSPS) is 18.3. The molecule has 1 fully saturated rings. The van der Waals surface area contributed by atoms with E-state index in [1.807, 2.05) is 12.1 Å². The first-order valence-corrected chi connectivity index (χ1v) is 9.05. The van der Waals surface area contributed by atoms with Crippen molar-refractivity contribution in [2.24, 2.45) is 0 Å². The number of rotatable bonds is 5. The highest BCUT2D eigenvalue weighted by molar-refractivity contribution is 6.08. The SMILES string of the molecule is COc1ccc2c3ccc(OC)cc3n(CC[C@H]3CCCN3C)c2c1. The van der Waals surface area contributed by atoms with Crippen LogP contribution in [0.1, 0.15) is 19.3 Å². The molecule has 1 atom stereocenters. The second-order valence-electron chi connectivity index (χ2n) is 6.98. The lowest BCUT2D eigenvalue weighted by Gasteiger charge is -2.20. The zero-order valence-corrected chi connectivity index (χ0v) is 15.3. The first kappa shape index (κ1) is 16.3. The van der Waals surface area contributed by atoms with Gasteiger partial charge in [0.25, 0.3) is 0 Å². The maximum atomic E-state index is 5.47. The minimum absolute atomic E-state index is 0.684. The van der Waals surface area contributed by atoms with E-state index < -0.39 is 0 Å². The molecule has 0 unspecified atom stereocenters. The van der Waals surface area contributed by atoms with Gasteiger partial charge in [-0.3, -0.25) is 0 Å². The predicted molar refractivity (Wildman–Crippen MR) is 103 cm³/mol.